The van der Waals surface area contributed by atoms with Gasteiger partial charge in [0.05, 0.1) is 13.2 Å². The average Bonchev–Trinajstić information content (AvgIpc) is 2.26. The molecule has 0 aromatic heterocycles. The second-order valence-electron chi connectivity index (χ2n) is 4.22. The van der Waals surface area contributed by atoms with E-state index in [2.05, 4.69) is 5.32 Å². The molecule has 0 aliphatic carbocycles. The van der Waals surface area contributed by atoms with Crippen LogP contribution in [0.4, 0.5) is 0 Å². The van der Waals surface area contributed by atoms with Crippen molar-refractivity contribution in [2.75, 3.05) is 26.5 Å². The maximum absolute atomic E-state index is 11.7. The molecular formula is C11H24N2O2S. The Hall–Kier alpha value is -0.260. The van der Waals surface area contributed by atoms with Crippen molar-refractivity contribution in [2.24, 2.45) is 0 Å². The van der Waals surface area contributed by atoms with Crippen LogP contribution in [0.2, 0.25) is 0 Å². The van der Waals surface area contributed by atoms with Crippen LogP contribution in [0.1, 0.15) is 20.8 Å². The quantitative estimate of drug-likeness (QED) is 0.691. The Morgan fingerprint density at radius 1 is 1.44 bits per heavy atom. The van der Waals surface area contributed by atoms with Crippen LogP contribution in [-0.2, 0) is 4.79 Å². The molecule has 0 bridgehead atoms. The summed E-state index contributed by atoms with van der Waals surface area (Å²) < 4.78 is 0. The summed E-state index contributed by atoms with van der Waals surface area (Å²) in [4.78, 5) is 13.4. The predicted octanol–water partition coefficient (Wildman–Crippen LogP) is 0.555. The van der Waals surface area contributed by atoms with E-state index in [1.807, 2.05) is 27.0 Å². The van der Waals surface area contributed by atoms with Gasteiger partial charge in [-0.1, -0.05) is 0 Å². The topological polar surface area (TPSA) is 52.6 Å². The predicted molar refractivity (Wildman–Crippen MR) is 69.8 cm³/mol. The number of hydrogen-bond acceptors (Lipinski definition) is 4. The largest absolute Gasteiger partial charge is 0.395 e. The summed E-state index contributed by atoms with van der Waals surface area (Å²) in [6.07, 6.45) is 1.96. The number of nitrogens with one attached hydrogen (secondary N) is 1. The van der Waals surface area contributed by atoms with E-state index in [4.69, 9.17) is 5.11 Å². The molecule has 2 N–H and O–H groups in total. The third-order valence-electron chi connectivity index (χ3n) is 2.78. The fraction of sp³-hybridized carbons (Fsp3) is 0.909. The molecule has 0 aromatic carbocycles. The second kappa shape index (κ2) is 7.92. The lowest BCUT2D eigenvalue weighted by molar-refractivity contribution is -0.130. The third kappa shape index (κ3) is 5.18. The molecule has 0 saturated heterocycles. The van der Waals surface area contributed by atoms with E-state index < -0.39 is 0 Å². The number of hydrogen-bond donors (Lipinski definition) is 2. The van der Waals surface area contributed by atoms with Crippen LogP contribution in [0.15, 0.2) is 0 Å². The summed E-state index contributed by atoms with van der Waals surface area (Å²) in [6.45, 7) is 6.41. The Morgan fingerprint density at radius 2 is 2.00 bits per heavy atom. The van der Waals surface area contributed by atoms with E-state index >= 15 is 0 Å². The Balaban J connectivity index is 4.00. The lowest BCUT2D eigenvalue weighted by Crippen LogP contribution is -2.45. The van der Waals surface area contributed by atoms with E-state index in [0.29, 0.717) is 6.54 Å². The first-order valence-electron chi connectivity index (χ1n) is 5.56. The summed E-state index contributed by atoms with van der Waals surface area (Å²) in [5.41, 5.74) is 0. The summed E-state index contributed by atoms with van der Waals surface area (Å²) in [5.74, 6) is 0.0830. The lowest BCUT2D eigenvalue weighted by atomic mass is 10.2. The minimum Gasteiger partial charge on any atom is -0.395 e. The molecule has 0 aliphatic rings. The van der Waals surface area contributed by atoms with E-state index in [1.54, 1.807) is 23.7 Å². The number of nitrogens with zero attached hydrogens (tertiary/aromatic N) is 1. The van der Waals surface area contributed by atoms with Gasteiger partial charge in [0.15, 0.2) is 0 Å². The number of carbonyl (C=O) groups excluding carboxylic acids is 1. The minimum atomic E-state index is 0.0830. The lowest BCUT2D eigenvalue weighted by Gasteiger charge is -2.25. The molecule has 0 aromatic rings. The zero-order chi connectivity index (χ0) is 12.7. The van der Waals surface area contributed by atoms with E-state index in [1.165, 1.54) is 0 Å². The molecule has 0 aliphatic heterocycles. The number of aliphatic hydroxyl groups excluding tert-OH is 1. The van der Waals surface area contributed by atoms with Crippen molar-refractivity contribution < 1.29 is 9.90 Å². The molecule has 0 heterocycles. The van der Waals surface area contributed by atoms with Crippen LogP contribution >= 0.6 is 11.8 Å². The van der Waals surface area contributed by atoms with Crippen molar-refractivity contribution in [3.8, 4) is 0 Å². The van der Waals surface area contributed by atoms with Gasteiger partial charge in [-0.15, -0.1) is 0 Å². The molecule has 0 spiro atoms. The van der Waals surface area contributed by atoms with E-state index in [-0.39, 0.29) is 29.8 Å². The van der Waals surface area contributed by atoms with Crippen molar-refractivity contribution >= 4 is 17.7 Å². The van der Waals surface area contributed by atoms with Crippen LogP contribution < -0.4 is 5.32 Å². The first-order chi connectivity index (χ1) is 7.43. The molecule has 2 atom stereocenters. The molecule has 96 valence electrons. The maximum Gasteiger partial charge on any atom is 0.236 e. The summed E-state index contributed by atoms with van der Waals surface area (Å²) >= 11 is 1.61. The fourth-order valence-electron chi connectivity index (χ4n) is 1.23. The summed E-state index contributed by atoms with van der Waals surface area (Å²) in [6, 6.07) is 0.350. The van der Waals surface area contributed by atoms with Crippen molar-refractivity contribution in [3.05, 3.63) is 0 Å². The van der Waals surface area contributed by atoms with Gasteiger partial charge in [-0.2, -0.15) is 11.8 Å². The number of aliphatic hydroxyl groups is 1. The van der Waals surface area contributed by atoms with Crippen LogP contribution in [-0.4, -0.2) is 59.7 Å². The molecule has 0 fully saturated rings. The van der Waals surface area contributed by atoms with Gasteiger partial charge in [-0.25, -0.2) is 0 Å². The van der Waals surface area contributed by atoms with Crippen molar-refractivity contribution in [1.29, 1.82) is 0 Å². The summed E-state index contributed by atoms with van der Waals surface area (Å²) in [5, 5.41) is 12.4. The van der Waals surface area contributed by atoms with Crippen LogP contribution in [0.5, 0.6) is 0 Å². The van der Waals surface area contributed by atoms with Gasteiger partial charge >= 0.3 is 0 Å². The zero-order valence-corrected chi connectivity index (χ0v) is 11.7. The van der Waals surface area contributed by atoms with Gasteiger partial charge in [0.2, 0.25) is 5.91 Å². The molecule has 2 unspecified atom stereocenters. The molecule has 0 radical (unpaired) electrons. The smallest absolute Gasteiger partial charge is 0.236 e. The van der Waals surface area contributed by atoms with Gasteiger partial charge in [-0.3, -0.25) is 4.79 Å². The Kier molecular flexibility index (Phi) is 7.80. The molecule has 5 heteroatoms. The number of amides is 1. The second-order valence-corrected chi connectivity index (χ2v) is 5.30. The van der Waals surface area contributed by atoms with Crippen molar-refractivity contribution in [1.82, 2.24) is 10.2 Å². The number of thioether (sulfide) groups is 1. The molecule has 0 rings (SSSR count). The molecule has 0 saturated carbocycles. The average molecular weight is 248 g/mol. The minimum absolute atomic E-state index is 0.0830. The standard InChI is InChI=1S/C11H24N2O2S/c1-8(2)13(4)11(15)6-12-9(3)10(7-14)16-5/h8-10,12,14H,6-7H2,1-5H3. The van der Waals surface area contributed by atoms with Gasteiger partial charge in [0.1, 0.15) is 0 Å². The molecular weight excluding hydrogens is 224 g/mol. The van der Waals surface area contributed by atoms with E-state index in [9.17, 15) is 4.79 Å². The Morgan fingerprint density at radius 3 is 2.38 bits per heavy atom. The third-order valence-corrected chi connectivity index (χ3v) is 3.95. The molecule has 4 nitrogen and oxygen atoms in total. The first kappa shape index (κ1) is 15.7. The Bertz CT molecular complexity index is 208. The summed E-state index contributed by atoms with van der Waals surface area (Å²) in [7, 11) is 1.80. The van der Waals surface area contributed by atoms with Crippen LogP contribution in [0.25, 0.3) is 0 Å². The molecule has 1 amide bonds. The highest BCUT2D eigenvalue weighted by atomic mass is 32.2. The van der Waals surface area contributed by atoms with Crippen molar-refractivity contribution in [3.63, 3.8) is 0 Å². The van der Waals surface area contributed by atoms with Crippen LogP contribution in [0.3, 0.4) is 0 Å². The van der Waals surface area contributed by atoms with Gasteiger partial charge in [-0.05, 0) is 27.0 Å². The number of rotatable bonds is 7. The van der Waals surface area contributed by atoms with Crippen LogP contribution in [0, 0.1) is 0 Å². The number of carbonyl (C=O) groups is 1. The fourth-order valence-corrected chi connectivity index (χ4v) is 1.88. The van der Waals surface area contributed by atoms with Crippen molar-refractivity contribution in [2.45, 2.75) is 38.1 Å². The SMILES string of the molecule is CSC(CO)C(C)NCC(=O)N(C)C(C)C. The van der Waals surface area contributed by atoms with Gasteiger partial charge in [0.25, 0.3) is 0 Å². The maximum atomic E-state index is 11.7. The first-order valence-corrected chi connectivity index (χ1v) is 6.85. The van der Waals surface area contributed by atoms with Gasteiger partial charge in [0, 0.05) is 24.4 Å². The Labute approximate surface area is 103 Å². The number of likely N-dealkylation sites (N-methyl/N-ethyl adjacent to an activating group) is 1. The van der Waals surface area contributed by atoms with E-state index in [0.717, 1.165) is 0 Å². The highest BCUT2D eigenvalue weighted by Crippen LogP contribution is 2.09. The van der Waals surface area contributed by atoms with Gasteiger partial charge < -0.3 is 15.3 Å². The monoisotopic (exact) mass is 248 g/mol. The highest BCUT2D eigenvalue weighted by molar-refractivity contribution is 7.99. The normalized spacial score (nSPS) is 14.9. The highest BCUT2D eigenvalue weighted by Gasteiger charge is 2.17. The zero-order valence-electron chi connectivity index (χ0n) is 10.9. The molecule has 16 heavy (non-hydrogen) atoms.